The molecule has 2 aliphatic rings. The highest BCUT2D eigenvalue weighted by molar-refractivity contribution is 6.30. The lowest BCUT2D eigenvalue weighted by molar-refractivity contribution is 0.0926. The largest absolute Gasteiger partial charge is 0.371 e. The summed E-state index contributed by atoms with van der Waals surface area (Å²) in [6.07, 6.45) is 4.77. The Bertz CT molecular complexity index is 1200. The number of carbonyl (C=O) groups excluding carboxylic acids is 2. The Morgan fingerprint density at radius 2 is 1.51 bits per heavy atom. The number of halogens is 1. The molecule has 3 aromatic rings. The first kappa shape index (κ1) is 23.4. The lowest BCUT2D eigenvalue weighted by Gasteiger charge is -2.35. The van der Waals surface area contributed by atoms with Gasteiger partial charge in [-0.1, -0.05) is 48.0 Å². The lowest BCUT2D eigenvalue weighted by atomic mass is 9.87. The molecule has 2 amide bonds. The van der Waals surface area contributed by atoms with Crippen LogP contribution >= 0.6 is 11.6 Å². The Morgan fingerprint density at radius 1 is 0.800 bits per heavy atom. The van der Waals surface area contributed by atoms with Crippen LogP contribution in [0, 0.1) is 0 Å². The molecule has 5 nitrogen and oxygen atoms in total. The van der Waals surface area contributed by atoms with Crippen molar-refractivity contribution in [3.05, 3.63) is 100 Å². The molecule has 1 heterocycles. The van der Waals surface area contributed by atoms with E-state index in [2.05, 4.69) is 33.7 Å². The molecule has 1 saturated heterocycles. The van der Waals surface area contributed by atoms with Gasteiger partial charge in [-0.25, -0.2) is 0 Å². The maximum Gasteiger partial charge on any atom is 0.253 e. The van der Waals surface area contributed by atoms with Gasteiger partial charge in [-0.15, -0.1) is 0 Å². The van der Waals surface area contributed by atoms with Gasteiger partial charge in [0, 0.05) is 35.4 Å². The highest BCUT2D eigenvalue weighted by atomic mass is 35.5. The number of rotatable bonds is 5. The molecule has 1 atom stereocenters. The molecule has 5 rings (SSSR count). The molecule has 0 spiro atoms. The summed E-state index contributed by atoms with van der Waals surface area (Å²) < 4.78 is 0. The summed E-state index contributed by atoms with van der Waals surface area (Å²) >= 11 is 5.93. The Balaban J connectivity index is 1.22. The summed E-state index contributed by atoms with van der Waals surface area (Å²) in [5.41, 5.74) is 4.85. The van der Waals surface area contributed by atoms with E-state index in [0.717, 1.165) is 50.9 Å². The van der Waals surface area contributed by atoms with E-state index in [9.17, 15) is 9.59 Å². The lowest BCUT2D eigenvalue weighted by Crippen LogP contribution is -2.45. The van der Waals surface area contributed by atoms with Crippen LogP contribution in [0.4, 0.5) is 5.69 Å². The van der Waals surface area contributed by atoms with E-state index in [1.54, 1.807) is 24.3 Å². The van der Waals surface area contributed by atoms with Crippen molar-refractivity contribution in [3.8, 4) is 0 Å². The molecular formula is C29H30ClN3O2. The highest BCUT2D eigenvalue weighted by Crippen LogP contribution is 2.31. The third-order valence-corrected chi connectivity index (χ3v) is 7.35. The van der Waals surface area contributed by atoms with Crippen LogP contribution in [0.5, 0.6) is 0 Å². The number of piperidine rings is 1. The normalized spacial score (nSPS) is 18.0. The van der Waals surface area contributed by atoms with E-state index in [1.165, 1.54) is 11.1 Å². The molecule has 0 unspecified atom stereocenters. The van der Waals surface area contributed by atoms with Crippen molar-refractivity contribution < 1.29 is 9.59 Å². The Morgan fingerprint density at radius 3 is 2.31 bits per heavy atom. The van der Waals surface area contributed by atoms with Crippen LogP contribution < -0.4 is 15.5 Å². The van der Waals surface area contributed by atoms with Crippen molar-refractivity contribution >= 4 is 29.1 Å². The van der Waals surface area contributed by atoms with E-state index in [0.29, 0.717) is 16.1 Å². The number of anilines is 1. The van der Waals surface area contributed by atoms with Gasteiger partial charge in [0.1, 0.15) is 0 Å². The van der Waals surface area contributed by atoms with Gasteiger partial charge in [-0.2, -0.15) is 0 Å². The summed E-state index contributed by atoms with van der Waals surface area (Å²) in [4.78, 5) is 28.2. The summed E-state index contributed by atoms with van der Waals surface area (Å²) in [5, 5.41) is 7.05. The summed E-state index contributed by atoms with van der Waals surface area (Å²) in [6.45, 7) is 1.56. The number of aryl methyl sites for hydroxylation is 1. The molecule has 1 aliphatic heterocycles. The van der Waals surface area contributed by atoms with Crippen molar-refractivity contribution in [1.29, 1.82) is 0 Å². The summed E-state index contributed by atoms with van der Waals surface area (Å²) in [5.74, 6) is -0.104. The van der Waals surface area contributed by atoms with Gasteiger partial charge < -0.3 is 15.5 Å². The first-order chi connectivity index (χ1) is 17.1. The fourth-order valence-electron chi connectivity index (χ4n) is 5.22. The second kappa shape index (κ2) is 10.5. The molecule has 0 radical (unpaired) electrons. The molecule has 6 heteroatoms. The predicted octanol–water partition coefficient (Wildman–Crippen LogP) is 5.55. The Kier molecular flexibility index (Phi) is 7.05. The van der Waals surface area contributed by atoms with Gasteiger partial charge >= 0.3 is 0 Å². The van der Waals surface area contributed by atoms with E-state index in [-0.39, 0.29) is 23.9 Å². The Labute approximate surface area is 211 Å². The topological polar surface area (TPSA) is 61.4 Å². The highest BCUT2D eigenvalue weighted by Gasteiger charge is 2.26. The van der Waals surface area contributed by atoms with Crippen LogP contribution in [0.3, 0.4) is 0 Å². The number of para-hydroxylation sites is 1. The van der Waals surface area contributed by atoms with Crippen LogP contribution in [0.25, 0.3) is 0 Å². The summed E-state index contributed by atoms with van der Waals surface area (Å²) in [7, 11) is 0. The van der Waals surface area contributed by atoms with E-state index in [1.807, 2.05) is 30.3 Å². The second-order valence-electron chi connectivity index (χ2n) is 9.38. The zero-order valence-corrected chi connectivity index (χ0v) is 20.4. The molecule has 1 aliphatic carbocycles. The maximum atomic E-state index is 13.4. The van der Waals surface area contributed by atoms with Crippen LogP contribution in [0.2, 0.25) is 5.02 Å². The fourth-order valence-corrected chi connectivity index (χ4v) is 5.34. The number of fused-ring (bicyclic) bond motifs is 1. The van der Waals surface area contributed by atoms with Crippen molar-refractivity contribution in [1.82, 2.24) is 10.6 Å². The van der Waals surface area contributed by atoms with Gasteiger partial charge in [-0.3, -0.25) is 9.59 Å². The third-order valence-electron chi connectivity index (χ3n) is 7.10. The molecule has 0 saturated carbocycles. The Hall–Kier alpha value is -3.31. The van der Waals surface area contributed by atoms with Crippen molar-refractivity contribution in [2.24, 2.45) is 0 Å². The van der Waals surface area contributed by atoms with Crippen molar-refractivity contribution in [2.75, 3.05) is 18.0 Å². The monoisotopic (exact) mass is 487 g/mol. The number of hydrogen-bond acceptors (Lipinski definition) is 3. The van der Waals surface area contributed by atoms with Gasteiger partial charge in [-0.05, 0) is 79.6 Å². The van der Waals surface area contributed by atoms with Gasteiger partial charge in [0.15, 0.2) is 0 Å². The van der Waals surface area contributed by atoms with E-state index < -0.39 is 0 Å². The molecule has 35 heavy (non-hydrogen) atoms. The standard InChI is InChI=1S/C29H30ClN3O2/c30-22-14-12-21(13-15-22)28(34)31-23-16-18-33(19-17-23)27-11-4-3-9-25(27)29(35)32-26-10-5-7-20-6-1-2-8-24(20)26/h1-4,6,8-9,11-15,23,26H,5,7,10,16-19H2,(H,31,34)(H,32,35)/t26-/m0/s1. The van der Waals surface area contributed by atoms with Gasteiger partial charge in [0.05, 0.1) is 11.6 Å². The van der Waals surface area contributed by atoms with Gasteiger partial charge in [0.25, 0.3) is 11.8 Å². The maximum absolute atomic E-state index is 13.4. The van der Waals surface area contributed by atoms with E-state index in [4.69, 9.17) is 11.6 Å². The molecule has 1 fully saturated rings. The molecular weight excluding hydrogens is 458 g/mol. The van der Waals surface area contributed by atoms with Crippen LogP contribution in [0.1, 0.15) is 63.6 Å². The zero-order chi connectivity index (χ0) is 24.2. The van der Waals surface area contributed by atoms with Gasteiger partial charge in [0.2, 0.25) is 0 Å². The predicted molar refractivity (Wildman–Crippen MR) is 140 cm³/mol. The molecule has 0 aromatic heterocycles. The first-order valence-corrected chi connectivity index (χ1v) is 12.8. The molecule has 2 N–H and O–H groups in total. The average molecular weight is 488 g/mol. The SMILES string of the molecule is O=C(NC1CCN(c2ccccc2C(=O)N[C@H]2CCCc3ccccc32)CC1)c1ccc(Cl)cc1. The van der Waals surface area contributed by atoms with Crippen LogP contribution in [0.15, 0.2) is 72.8 Å². The quantitative estimate of drug-likeness (QED) is 0.496. The van der Waals surface area contributed by atoms with Crippen LogP contribution in [-0.2, 0) is 6.42 Å². The minimum atomic E-state index is -0.0762. The minimum absolute atomic E-state index is 0.0273. The number of amides is 2. The molecule has 0 bridgehead atoms. The molecule has 180 valence electrons. The smallest absolute Gasteiger partial charge is 0.253 e. The number of nitrogens with one attached hydrogen (secondary N) is 2. The number of hydrogen-bond donors (Lipinski definition) is 2. The number of benzene rings is 3. The first-order valence-electron chi connectivity index (χ1n) is 12.4. The molecule has 3 aromatic carbocycles. The fraction of sp³-hybridized carbons (Fsp3) is 0.310. The number of carbonyl (C=O) groups is 2. The third kappa shape index (κ3) is 5.35. The van der Waals surface area contributed by atoms with Crippen molar-refractivity contribution in [2.45, 2.75) is 44.2 Å². The minimum Gasteiger partial charge on any atom is -0.371 e. The number of nitrogens with zero attached hydrogens (tertiary/aromatic N) is 1. The van der Waals surface area contributed by atoms with Crippen molar-refractivity contribution in [3.63, 3.8) is 0 Å². The van der Waals surface area contributed by atoms with Crippen LogP contribution in [-0.4, -0.2) is 30.9 Å². The van der Waals surface area contributed by atoms with E-state index >= 15 is 0 Å². The second-order valence-corrected chi connectivity index (χ2v) is 9.81. The zero-order valence-electron chi connectivity index (χ0n) is 19.7. The average Bonchev–Trinajstić information content (AvgIpc) is 2.90. The summed E-state index contributed by atoms with van der Waals surface area (Å²) in [6, 6.07) is 23.4.